The maximum Gasteiger partial charge on any atom is 0.264 e. The van der Waals surface area contributed by atoms with Crippen molar-refractivity contribution in [1.82, 2.24) is 0 Å². The molecule has 0 fully saturated rings. The molecule has 0 heterocycles. The van der Waals surface area contributed by atoms with Crippen molar-refractivity contribution in [3.63, 3.8) is 0 Å². The number of para-hydroxylation sites is 1. The van der Waals surface area contributed by atoms with Crippen LogP contribution in [-0.4, -0.2) is 21.4 Å². The number of carbonyl (C=O) groups excluding carboxylic acids is 1. The van der Waals surface area contributed by atoms with E-state index in [2.05, 4.69) is 10.0 Å². The van der Waals surface area contributed by atoms with Crippen molar-refractivity contribution in [1.29, 1.82) is 0 Å². The lowest BCUT2D eigenvalue weighted by atomic mass is 10.1. The van der Waals surface area contributed by atoms with Crippen LogP contribution in [0.2, 0.25) is 0 Å². The number of sulfonamides is 1. The van der Waals surface area contributed by atoms with E-state index >= 15 is 0 Å². The van der Waals surface area contributed by atoms with Gasteiger partial charge in [0.25, 0.3) is 15.9 Å². The van der Waals surface area contributed by atoms with Crippen LogP contribution < -0.4 is 14.8 Å². The van der Waals surface area contributed by atoms with Crippen molar-refractivity contribution in [2.75, 3.05) is 17.1 Å². The van der Waals surface area contributed by atoms with Crippen molar-refractivity contribution in [3.8, 4) is 5.75 Å². The largest absolute Gasteiger partial charge is 0.497 e. The first-order chi connectivity index (χ1) is 13.8. The molecule has 0 aliphatic carbocycles. The van der Waals surface area contributed by atoms with Gasteiger partial charge in [0.15, 0.2) is 0 Å². The molecule has 1 amide bonds. The zero-order chi connectivity index (χ0) is 21.0. The second kappa shape index (κ2) is 8.32. The first-order valence-corrected chi connectivity index (χ1v) is 10.1. The molecule has 6 nitrogen and oxygen atoms in total. The summed E-state index contributed by atoms with van der Waals surface area (Å²) in [5.74, 6) is -0.839. The number of amides is 1. The highest BCUT2D eigenvalue weighted by atomic mass is 32.2. The average Bonchev–Trinajstić information content (AvgIpc) is 2.70. The number of hydrogen-bond acceptors (Lipinski definition) is 4. The number of anilines is 2. The Kier molecular flexibility index (Phi) is 5.84. The Balaban J connectivity index is 1.90. The Morgan fingerprint density at radius 3 is 2.52 bits per heavy atom. The number of carbonyl (C=O) groups is 1. The maximum atomic E-state index is 14.1. The van der Waals surface area contributed by atoms with E-state index in [0.29, 0.717) is 17.0 Å². The molecule has 0 saturated heterocycles. The molecule has 0 aliphatic rings. The number of hydrogen-bond donors (Lipinski definition) is 2. The lowest BCUT2D eigenvalue weighted by Crippen LogP contribution is -2.19. The molecular weight excluding hydrogens is 395 g/mol. The fraction of sp³-hybridized carbons (Fsp3) is 0.0952. The highest BCUT2D eigenvalue weighted by Gasteiger charge is 2.22. The van der Waals surface area contributed by atoms with Gasteiger partial charge in [-0.15, -0.1) is 0 Å². The van der Waals surface area contributed by atoms with Gasteiger partial charge in [0.1, 0.15) is 16.5 Å². The van der Waals surface area contributed by atoms with E-state index in [4.69, 9.17) is 4.74 Å². The molecular formula is C21H19FN2O4S. The van der Waals surface area contributed by atoms with Gasteiger partial charge in [0.05, 0.1) is 18.4 Å². The van der Waals surface area contributed by atoms with E-state index in [1.165, 1.54) is 31.4 Å². The van der Waals surface area contributed by atoms with Crippen LogP contribution in [0.5, 0.6) is 5.75 Å². The van der Waals surface area contributed by atoms with E-state index in [9.17, 15) is 17.6 Å². The first kappa shape index (κ1) is 20.3. The number of aryl methyl sites for hydroxylation is 1. The van der Waals surface area contributed by atoms with Crippen molar-refractivity contribution >= 4 is 27.3 Å². The standard InChI is InChI=1S/C21H19FN2O4S/c1-14-10-11-18(22)20(12-14)29(26,27)24-19-9-4-3-8-17(19)21(25)23-15-6-5-7-16(13-15)28-2/h3-13,24H,1-2H3,(H,23,25). The van der Waals surface area contributed by atoms with Crippen molar-refractivity contribution < 1.29 is 22.3 Å². The Bertz CT molecular complexity index is 1160. The monoisotopic (exact) mass is 414 g/mol. The summed E-state index contributed by atoms with van der Waals surface area (Å²) in [5.41, 5.74) is 1.20. The highest BCUT2D eigenvalue weighted by molar-refractivity contribution is 7.92. The van der Waals surface area contributed by atoms with Gasteiger partial charge >= 0.3 is 0 Å². The third-order valence-corrected chi connectivity index (χ3v) is 5.50. The van der Waals surface area contributed by atoms with Gasteiger partial charge in [-0.3, -0.25) is 9.52 Å². The minimum Gasteiger partial charge on any atom is -0.497 e. The summed E-state index contributed by atoms with van der Waals surface area (Å²) in [6.45, 7) is 1.66. The van der Waals surface area contributed by atoms with Gasteiger partial charge in [-0.2, -0.15) is 0 Å². The number of benzene rings is 3. The second-order valence-electron chi connectivity index (χ2n) is 6.27. The molecule has 0 radical (unpaired) electrons. The predicted molar refractivity (Wildman–Crippen MR) is 109 cm³/mol. The highest BCUT2D eigenvalue weighted by Crippen LogP contribution is 2.24. The molecule has 0 spiro atoms. The molecule has 0 aromatic heterocycles. The van der Waals surface area contributed by atoms with Crippen LogP contribution in [-0.2, 0) is 10.0 Å². The lowest BCUT2D eigenvalue weighted by Gasteiger charge is -2.14. The molecule has 0 atom stereocenters. The molecule has 8 heteroatoms. The van der Waals surface area contributed by atoms with E-state index in [1.807, 2.05) is 0 Å². The lowest BCUT2D eigenvalue weighted by molar-refractivity contribution is 0.102. The summed E-state index contributed by atoms with van der Waals surface area (Å²) in [5, 5.41) is 2.69. The van der Waals surface area contributed by atoms with Gasteiger partial charge in [-0.25, -0.2) is 12.8 Å². The Labute approximate surface area is 168 Å². The number of rotatable bonds is 6. The van der Waals surface area contributed by atoms with Crippen LogP contribution >= 0.6 is 0 Å². The molecule has 0 saturated carbocycles. The van der Waals surface area contributed by atoms with Crippen LogP contribution in [0.4, 0.5) is 15.8 Å². The third-order valence-electron chi connectivity index (χ3n) is 4.12. The number of halogens is 1. The predicted octanol–water partition coefficient (Wildman–Crippen LogP) is 4.20. The molecule has 2 N–H and O–H groups in total. The Morgan fingerprint density at radius 2 is 1.76 bits per heavy atom. The van der Waals surface area contributed by atoms with Gasteiger partial charge in [0, 0.05) is 11.8 Å². The second-order valence-corrected chi connectivity index (χ2v) is 7.92. The maximum absolute atomic E-state index is 14.1. The Morgan fingerprint density at radius 1 is 1.00 bits per heavy atom. The summed E-state index contributed by atoms with van der Waals surface area (Å²) in [6, 6.07) is 16.6. The van der Waals surface area contributed by atoms with Crippen LogP contribution in [0, 0.1) is 12.7 Å². The molecule has 0 aliphatic heterocycles. The number of ether oxygens (including phenoxy) is 1. The first-order valence-electron chi connectivity index (χ1n) is 8.63. The number of nitrogens with one attached hydrogen (secondary N) is 2. The van der Waals surface area contributed by atoms with Gasteiger partial charge in [-0.1, -0.05) is 24.3 Å². The van der Waals surface area contributed by atoms with E-state index in [-0.39, 0.29) is 11.3 Å². The van der Waals surface area contributed by atoms with Crippen molar-refractivity contribution in [3.05, 3.63) is 83.7 Å². The van der Waals surface area contributed by atoms with Crippen molar-refractivity contribution in [2.24, 2.45) is 0 Å². The molecule has 3 aromatic rings. The van der Waals surface area contributed by atoms with Crippen LogP contribution in [0.25, 0.3) is 0 Å². The van der Waals surface area contributed by atoms with Crippen molar-refractivity contribution in [2.45, 2.75) is 11.8 Å². The minimum absolute atomic E-state index is 0.0359. The van der Waals surface area contributed by atoms with Gasteiger partial charge < -0.3 is 10.1 Å². The summed E-state index contributed by atoms with van der Waals surface area (Å²) in [7, 11) is -2.72. The van der Waals surface area contributed by atoms with Gasteiger partial charge in [-0.05, 0) is 48.9 Å². The average molecular weight is 414 g/mol. The zero-order valence-corrected chi connectivity index (χ0v) is 16.6. The Hall–Kier alpha value is -3.39. The minimum atomic E-state index is -4.23. The smallest absolute Gasteiger partial charge is 0.264 e. The molecule has 3 aromatic carbocycles. The third kappa shape index (κ3) is 4.72. The van der Waals surface area contributed by atoms with Crippen LogP contribution in [0.3, 0.4) is 0 Å². The van der Waals surface area contributed by atoms with E-state index in [0.717, 1.165) is 6.07 Å². The van der Waals surface area contributed by atoms with Crippen LogP contribution in [0.1, 0.15) is 15.9 Å². The van der Waals surface area contributed by atoms with Crippen LogP contribution in [0.15, 0.2) is 71.6 Å². The quantitative estimate of drug-likeness (QED) is 0.633. The summed E-state index contributed by atoms with van der Waals surface area (Å²) in [6.07, 6.45) is 0. The summed E-state index contributed by atoms with van der Waals surface area (Å²) >= 11 is 0. The van der Waals surface area contributed by atoms with E-state index < -0.39 is 26.6 Å². The number of methoxy groups -OCH3 is 1. The molecule has 3 rings (SSSR count). The van der Waals surface area contributed by atoms with Gasteiger partial charge in [0.2, 0.25) is 0 Å². The summed E-state index contributed by atoms with van der Waals surface area (Å²) in [4.78, 5) is 12.2. The fourth-order valence-corrected chi connectivity index (χ4v) is 3.93. The zero-order valence-electron chi connectivity index (χ0n) is 15.8. The molecule has 150 valence electrons. The molecule has 29 heavy (non-hydrogen) atoms. The molecule has 0 unspecified atom stereocenters. The summed E-state index contributed by atoms with van der Waals surface area (Å²) < 4.78 is 46.9. The normalized spacial score (nSPS) is 11.0. The fourth-order valence-electron chi connectivity index (χ4n) is 2.69. The SMILES string of the molecule is COc1cccc(NC(=O)c2ccccc2NS(=O)(=O)c2cc(C)ccc2F)c1. The molecule has 0 bridgehead atoms. The topological polar surface area (TPSA) is 84.5 Å². The van der Waals surface area contributed by atoms with E-state index in [1.54, 1.807) is 43.3 Å².